The maximum absolute atomic E-state index is 10.3. The number of aliphatic hydroxyl groups excluding tert-OH is 1. The largest absolute Gasteiger partial charge is 0.493 e. The van der Waals surface area contributed by atoms with Gasteiger partial charge in [-0.25, -0.2) is 0 Å². The van der Waals surface area contributed by atoms with Crippen LogP contribution in [0.5, 0.6) is 17.2 Å². The SMILES string of the molecule is COc1cc2c3c(cc(Cl)c2c(OC)c1OC)[C@H]1C[C@H](O)C[C@]1(C)CC3. The molecule has 4 rings (SSSR count). The van der Waals surface area contributed by atoms with Gasteiger partial charge in [0, 0.05) is 5.39 Å². The molecule has 4 nitrogen and oxygen atoms in total. The first-order valence-electron chi connectivity index (χ1n) is 9.05. The minimum Gasteiger partial charge on any atom is -0.493 e. The summed E-state index contributed by atoms with van der Waals surface area (Å²) in [6.45, 7) is 2.30. The molecular weight excluding hydrogens is 352 g/mol. The fourth-order valence-electron chi connectivity index (χ4n) is 5.18. The summed E-state index contributed by atoms with van der Waals surface area (Å²) in [6, 6.07) is 4.09. The summed E-state index contributed by atoms with van der Waals surface area (Å²) in [7, 11) is 4.85. The molecule has 1 saturated carbocycles. The minimum absolute atomic E-state index is 0.143. The topological polar surface area (TPSA) is 47.9 Å². The van der Waals surface area contributed by atoms with Crippen LogP contribution >= 0.6 is 11.6 Å². The van der Waals surface area contributed by atoms with E-state index in [1.807, 2.05) is 6.07 Å². The van der Waals surface area contributed by atoms with Gasteiger partial charge in [0.2, 0.25) is 5.75 Å². The van der Waals surface area contributed by atoms with Crippen molar-refractivity contribution in [2.24, 2.45) is 5.41 Å². The van der Waals surface area contributed by atoms with E-state index in [4.69, 9.17) is 25.8 Å². The molecule has 5 heteroatoms. The third-order valence-corrected chi connectivity index (χ3v) is 6.70. The zero-order valence-corrected chi connectivity index (χ0v) is 16.4. The fraction of sp³-hybridized carbons (Fsp3) is 0.524. The molecule has 140 valence electrons. The highest BCUT2D eigenvalue weighted by Crippen LogP contribution is 2.58. The van der Waals surface area contributed by atoms with Gasteiger partial charge in [0.1, 0.15) is 0 Å². The Balaban J connectivity index is 2.03. The van der Waals surface area contributed by atoms with Crippen LogP contribution in [0.3, 0.4) is 0 Å². The Bertz CT molecular complexity index is 878. The lowest BCUT2D eigenvalue weighted by atomic mass is 9.66. The number of benzene rings is 2. The Morgan fingerprint density at radius 2 is 1.85 bits per heavy atom. The van der Waals surface area contributed by atoms with Gasteiger partial charge < -0.3 is 19.3 Å². The molecule has 0 unspecified atom stereocenters. The summed E-state index contributed by atoms with van der Waals surface area (Å²) >= 11 is 6.74. The average Bonchev–Trinajstić information content (AvgIpc) is 2.94. The molecule has 0 heterocycles. The predicted octanol–water partition coefficient (Wildman–Crippen LogP) is 4.71. The zero-order valence-electron chi connectivity index (χ0n) is 15.7. The lowest BCUT2D eigenvalue weighted by Crippen LogP contribution is -2.26. The summed E-state index contributed by atoms with van der Waals surface area (Å²) in [5, 5.41) is 12.9. The molecule has 2 aliphatic rings. The summed E-state index contributed by atoms with van der Waals surface area (Å²) in [5.41, 5.74) is 2.70. The molecule has 3 atom stereocenters. The molecule has 2 aromatic rings. The highest BCUT2D eigenvalue weighted by molar-refractivity contribution is 6.36. The highest BCUT2D eigenvalue weighted by Gasteiger charge is 2.47. The van der Waals surface area contributed by atoms with Crippen LogP contribution in [-0.4, -0.2) is 32.5 Å². The minimum atomic E-state index is -0.231. The Hall–Kier alpha value is -1.65. The van der Waals surface area contributed by atoms with Crippen molar-refractivity contribution in [1.82, 2.24) is 0 Å². The van der Waals surface area contributed by atoms with Crippen molar-refractivity contribution in [2.45, 2.75) is 44.6 Å². The molecule has 2 aliphatic carbocycles. The number of methoxy groups -OCH3 is 3. The van der Waals surface area contributed by atoms with Crippen molar-refractivity contribution in [3.05, 3.63) is 28.3 Å². The van der Waals surface area contributed by atoms with Gasteiger partial charge in [-0.1, -0.05) is 18.5 Å². The maximum Gasteiger partial charge on any atom is 0.203 e. The summed E-state index contributed by atoms with van der Waals surface area (Å²) in [5.74, 6) is 2.14. The third-order valence-electron chi connectivity index (χ3n) is 6.40. The monoisotopic (exact) mass is 376 g/mol. The number of rotatable bonds is 3. The van der Waals surface area contributed by atoms with Crippen LogP contribution in [0.2, 0.25) is 5.02 Å². The maximum atomic E-state index is 10.3. The van der Waals surface area contributed by atoms with Crippen LogP contribution in [0, 0.1) is 5.41 Å². The average molecular weight is 377 g/mol. The number of hydrogen-bond acceptors (Lipinski definition) is 4. The molecule has 1 fully saturated rings. The second-order valence-corrected chi connectivity index (χ2v) is 8.20. The Labute approximate surface area is 159 Å². The first kappa shape index (κ1) is 17.7. The molecule has 0 spiro atoms. The van der Waals surface area contributed by atoms with E-state index in [0.29, 0.717) is 28.2 Å². The van der Waals surface area contributed by atoms with E-state index in [2.05, 4.69) is 13.0 Å². The van der Waals surface area contributed by atoms with Crippen LogP contribution in [0.4, 0.5) is 0 Å². The van der Waals surface area contributed by atoms with Crippen molar-refractivity contribution in [2.75, 3.05) is 21.3 Å². The van der Waals surface area contributed by atoms with Gasteiger partial charge >= 0.3 is 0 Å². The zero-order chi connectivity index (χ0) is 18.6. The van der Waals surface area contributed by atoms with Crippen LogP contribution in [-0.2, 0) is 6.42 Å². The van der Waals surface area contributed by atoms with Gasteiger partial charge in [-0.05, 0) is 65.7 Å². The number of aryl methyl sites for hydroxylation is 1. The van der Waals surface area contributed by atoms with E-state index in [1.54, 1.807) is 21.3 Å². The van der Waals surface area contributed by atoms with Crippen molar-refractivity contribution >= 4 is 22.4 Å². The first-order chi connectivity index (χ1) is 12.4. The van der Waals surface area contributed by atoms with Gasteiger partial charge in [0.15, 0.2) is 11.5 Å². The number of aliphatic hydroxyl groups is 1. The van der Waals surface area contributed by atoms with Crippen LogP contribution in [0.25, 0.3) is 10.8 Å². The number of halogens is 1. The fourth-order valence-corrected chi connectivity index (χ4v) is 5.49. The second-order valence-electron chi connectivity index (χ2n) is 7.79. The lowest BCUT2D eigenvalue weighted by Gasteiger charge is -2.38. The van der Waals surface area contributed by atoms with E-state index < -0.39 is 0 Å². The Morgan fingerprint density at radius 3 is 2.50 bits per heavy atom. The number of fused-ring (bicyclic) bond motifs is 5. The Kier molecular flexibility index (Phi) is 4.24. The molecule has 26 heavy (non-hydrogen) atoms. The molecular formula is C21H25ClO4. The van der Waals surface area contributed by atoms with E-state index >= 15 is 0 Å². The number of ether oxygens (including phenoxy) is 3. The second kappa shape index (κ2) is 6.21. The first-order valence-corrected chi connectivity index (χ1v) is 9.43. The number of hydrogen-bond donors (Lipinski definition) is 1. The highest BCUT2D eigenvalue weighted by atomic mass is 35.5. The molecule has 0 bridgehead atoms. The van der Waals surface area contributed by atoms with Crippen molar-refractivity contribution in [3.8, 4) is 17.2 Å². The summed E-state index contributed by atoms with van der Waals surface area (Å²) in [6.07, 6.45) is 3.46. The van der Waals surface area contributed by atoms with Crippen molar-refractivity contribution in [3.63, 3.8) is 0 Å². The Morgan fingerprint density at radius 1 is 1.12 bits per heavy atom. The van der Waals surface area contributed by atoms with E-state index in [9.17, 15) is 5.11 Å². The van der Waals surface area contributed by atoms with Gasteiger partial charge in [-0.15, -0.1) is 0 Å². The third kappa shape index (κ3) is 2.39. The molecule has 0 saturated heterocycles. The summed E-state index contributed by atoms with van der Waals surface area (Å²) < 4.78 is 16.7. The smallest absolute Gasteiger partial charge is 0.203 e. The van der Waals surface area contributed by atoms with Gasteiger partial charge in [-0.2, -0.15) is 0 Å². The van der Waals surface area contributed by atoms with E-state index in [0.717, 1.165) is 36.5 Å². The molecule has 0 aromatic heterocycles. The van der Waals surface area contributed by atoms with E-state index in [-0.39, 0.29) is 11.5 Å². The van der Waals surface area contributed by atoms with E-state index in [1.165, 1.54) is 11.1 Å². The molecule has 0 aliphatic heterocycles. The molecule has 2 aromatic carbocycles. The van der Waals surface area contributed by atoms with Crippen molar-refractivity contribution < 1.29 is 19.3 Å². The quantitative estimate of drug-likeness (QED) is 0.842. The van der Waals surface area contributed by atoms with Gasteiger partial charge in [0.05, 0.1) is 32.5 Å². The normalized spacial score (nSPS) is 27.2. The van der Waals surface area contributed by atoms with Gasteiger partial charge in [0.25, 0.3) is 0 Å². The van der Waals surface area contributed by atoms with Crippen LogP contribution < -0.4 is 14.2 Å². The van der Waals surface area contributed by atoms with Crippen LogP contribution in [0.1, 0.15) is 43.2 Å². The standard InChI is InChI=1S/C21H25ClO4/c1-21-6-5-12-13(15(21)7-11(23)10-21)8-16(22)18-14(12)9-17(24-2)19(25-3)20(18)26-4/h8-9,11,15,23H,5-7,10H2,1-4H3/t11-,15+,21-/m0/s1. The predicted molar refractivity (Wildman–Crippen MR) is 103 cm³/mol. The summed E-state index contributed by atoms with van der Waals surface area (Å²) in [4.78, 5) is 0. The molecule has 1 N–H and O–H groups in total. The van der Waals surface area contributed by atoms with Gasteiger partial charge in [-0.3, -0.25) is 0 Å². The molecule has 0 amide bonds. The molecule has 0 radical (unpaired) electrons. The van der Waals surface area contributed by atoms with Crippen molar-refractivity contribution in [1.29, 1.82) is 0 Å². The van der Waals surface area contributed by atoms with Crippen LogP contribution in [0.15, 0.2) is 12.1 Å². The lowest BCUT2D eigenvalue weighted by molar-refractivity contribution is 0.159.